The highest BCUT2D eigenvalue weighted by atomic mass is 35.5. The van der Waals surface area contributed by atoms with Gasteiger partial charge < -0.3 is 5.11 Å². The van der Waals surface area contributed by atoms with Crippen molar-refractivity contribution in [3.63, 3.8) is 0 Å². The Kier molecular flexibility index (Phi) is 7.13. The summed E-state index contributed by atoms with van der Waals surface area (Å²) in [4.78, 5) is 0. The van der Waals surface area contributed by atoms with Crippen LogP contribution in [0.5, 0.6) is 5.75 Å². The Morgan fingerprint density at radius 1 is 0.639 bits per heavy atom. The van der Waals surface area contributed by atoms with Gasteiger partial charge in [0.05, 0.1) is 10.00 Å². The van der Waals surface area contributed by atoms with Gasteiger partial charge in [-0.3, -0.25) is 0 Å². The average molecular weight is 511 g/mol. The van der Waals surface area contributed by atoms with Gasteiger partial charge in [-0.1, -0.05) is 115 Å². The lowest BCUT2D eigenvalue weighted by atomic mass is 9.84. The number of hydrogen-bond donors (Lipinski definition) is 1. The van der Waals surface area contributed by atoms with Crippen LogP contribution in [0.2, 0.25) is 5.02 Å². The molecule has 36 heavy (non-hydrogen) atoms. The number of phenols is 1. The molecule has 1 nitrogen and oxygen atoms in total. The molecule has 1 atom stereocenters. The first-order valence-corrected chi connectivity index (χ1v) is 12.9. The van der Waals surface area contributed by atoms with E-state index in [1.807, 2.05) is 78.9 Å². The summed E-state index contributed by atoms with van der Waals surface area (Å²) >= 11 is 7.89. The third-order valence-corrected chi connectivity index (χ3v) is 8.35. The number of hydrogen-bond acceptors (Lipinski definition) is 2. The van der Waals surface area contributed by atoms with E-state index in [0.717, 1.165) is 22.3 Å². The van der Waals surface area contributed by atoms with Gasteiger partial charge in [-0.25, -0.2) is 4.39 Å². The molecule has 0 amide bonds. The maximum atomic E-state index is 14.5. The topological polar surface area (TPSA) is 20.2 Å². The van der Waals surface area contributed by atoms with Gasteiger partial charge in [0.25, 0.3) is 0 Å². The summed E-state index contributed by atoms with van der Waals surface area (Å²) in [6.07, 6.45) is 0. The second-order valence-corrected chi connectivity index (χ2v) is 10.3. The molecule has 0 aromatic heterocycles. The molecule has 0 bridgehead atoms. The standard InChI is InChI=1S/C32H24ClFOS/c33-27-18-16-23(17-19-27)31(29-22-28(34)20-21-30(29)35)36-32(24-10-4-1-5-11-24,25-12-6-2-7-13-25)26-14-8-3-9-15-26/h1-22,31,35H/t31-/m1/s1. The van der Waals surface area contributed by atoms with E-state index in [0.29, 0.717) is 10.6 Å². The maximum Gasteiger partial charge on any atom is 0.123 e. The first-order valence-electron chi connectivity index (χ1n) is 11.7. The number of benzene rings is 5. The molecule has 0 heterocycles. The monoisotopic (exact) mass is 510 g/mol. The molecule has 178 valence electrons. The van der Waals surface area contributed by atoms with Gasteiger partial charge in [0.1, 0.15) is 11.6 Å². The smallest absolute Gasteiger partial charge is 0.123 e. The van der Waals surface area contributed by atoms with Crippen LogP contribution in [0.3, 0.4) is 0 Å². The Morgan fingerprint density at radius 3 is 1.58 bits per heavy atom. The van der Waals surface area contributed by atoms with E-state index in [-0.39, 0.29) is 5.75 Å². The SMILES string of the molecule is Oc1ccc(F)cc1[C@H](SC(c1ccccc1)(c1ccccc1)c1ccccc1)c1ccc(Cl)cc1. The highest BCUT2D eigenvalue weighted by molar-refractivity contribution is 8.01. The van der Waals surface area contributed by atoms with Crippen LogP contribution in [-0.2, 0) is 4.75 Å². The number of phenolic OH excluding ortho intramolecular Hbond substituents is 1. The van der Waals surface area contributed by atoms with Crippen molar-refractivity contribution in [2.75, 3.05) is 0 Å². The van der Waals surface area contributed by atoms with Crippen LogP contribution in [0.15, 0.2) is 133 Å². The van der Waals surface area contributed by atoms with E-state index < -0.39 is 15.8 Å². The van der Waals surface area contributed by atoms with Gasteiger partial charge >= 0.3 is 0 Å². The Morgan fingerprint density at radius 2 is 1.11 bits per heavy atom. The summed E-state index contributed by atoms with van der Waals surface area (Å²) in [5.74, 6) is -0.348. The summed E-state index contributed by atoms with van der Waals surface area (Å²) in [6.45, 7) is 0. The molecule has 0 saturated heterocycles. The van der Waals surface area contributed by atoms with Crippen molar-refractivity contribution in [2.45, 2.75) is 10.00 Å². The third-order valence-electron chi connectivity index (χ3n) is 6.28. The van der Waals surface area contributed by atoms with Crippen molar-refractivity contribution in [3.05, 3.63) is 172 Å². The Balaban J connectivity index is 1.81. The molecule has 0 aliphatic rings. The predicted molar refractivity (Wildman–Crippen MR) is 148 cm³/mol. The van der Waals surface area contributed by atoms with Crippen molar-refractivity contribution in [1.82, 2.24) is 0 Å². The second-order valence-electron chi connectivity index (χ2n) is 8.53. The fourth-order valence-electron chi connectivity index (χ4n) is 4.58. The van der Waals surface area contributed by atoms with E-state index in [2.05, 4.69) is 36.4 Å². The quantitative estimate of drug-likeness (QED) is 0.220. The van der Waals surface area contributed by atoms with Gasteiger partial charge in [-0.15, -0.1) is 11.8 Å². The van der Waals surface area contributed by atoms with Crippen molar-refractivity contribution >= 4 is 23.4 Å². The zero-order valence-corrected chi connectivity index (χ0v) is 21.0. The van der Waals surface area contributed by atoms with Crippen LogP contribution >= 0.6 is 23.4 Å². The van der Waals surface area contributed by atoms with Crippen molar-refractivity contribution in [2.24, 2.45) is 0 Å². The summed E-state index contributed by atoms with van der Waals surface area (Å²) in [5, 5.41) is 11.1. The van der Waals surface area contributed by atoms with Crippen LogP contribution in [-0.4, -0.2) is 5.11 Å². The normalized spacial score (nSPS) is 12.3. The molecule has 4 heteroatoms. The first-order chi connectivity index (χ1) is 17.6. The molecule has 1 N–H and O–H groups in total. The zero-order chi connectivity index (χ0) is 25.0. The molecule has 5 aromatic rings. The molecule has 0 saturated carbocycles. The fraction of sp³-hybridized carbons (Fsp3) is 0.0625. The Labute approximate surface area is 220 Å². The molecule has 0 unspecified atom stereocenters. The third kappa shape index (κ3) is 4.77. The van der Waals surface area contributed by atoms with E-state index in [1.165, 1.54) is 18.2 Å². The van der Waals surface area contributed by atoms with E-state index in [1.54, 1.807) is 11.8 Å². The minimum absolute atomic E-state index is 0.0481. The summed E-state index contributed by atoms with van der Waals surface area (Å²) < 4.78 is 13.9. The van der Waals surface area contributed by atoms with Crippen LogP contribution < -0.4 is 0 Å². The van der Waals surface area contributed by atoms with Crippen molar-refractivity contribution in [3.8, 4) is 5.75 Å². The van der Waals surface area contributed by atoms with E-state index >= 15 is 0 Å². The molecule has 0 spiro atoms. The van der Waals surface area contributed by atoms with Crippen molar-refractivity contribution in [1.29, 1.82) is 0 Å². The summed E-state index contributed by atoms with van der Waals surface area (Å²) in [6, 6.07) is 42.6. The molecular formula is C32H24ClFOS. The van der Waals surface area contributed by atoms with Gasteiger partial charge in [-0.2, -0.15) is 0 Å². The zero-order valence-electron chi connectivity index (χ0n) is 19.4. The molecular weight excluding hydrogens is 487 g/mol. The van der Waals surface area contributed by atoms with E-state index in [4.69, 9.17) is 11.6 Å². The first kappa shape index (κ1) is 24.2. The Bertz CT molecular complexity index is 1330. The van der Waals surface area contributed by atoms with Gasteiger partial charge in [0.15, 0.2) is 0 Å². The lowest BCUT2D eigenvalue weighted by Crippen LogP contribution is -2.27. The molecule has 5 aromatic carbocycles. The number of aromatic hydroxyl groups is 1. The Hall–Kier alpha value is -3.53. The maximum absolute atomic E-state index is 14.5. The average Bonchev–Trinajstić information content (AvgIpc) is 2.93. The largest absolute Gasteiger partial charge is 0.508 e. The van der Waals surface area contributed by atoms with Crippen LogP contribution in [0.25, 0.3) is 0 Å². The predicted octanol–water partition coefficient (Wildman–Crippen LogP) is 9.00. The molecule has 0 radical (unpaired) electrons. The van der Waals surface area contributed by atoms with Crippen molar-refractivity contribution < 1.29 is 9.50 Å². The number of rotatable bonds is 7. The van der Waals surface area contributed by atoms with Crippen LogP contribution in [0.4, 0.5) is 4.39 Å². The molecule has 0 aliphatic carbocycles. The highest BCUT2D eigenvalue weighted by Crippen LogP contribution is 2.56. The molecule has 5 rings (SSSR count). The van der Waals surface area contributed by atoms with Crippen LogP contribution in [0, 0.1) is 5.82 Å². The summed E-state index contributed by atoms with van der Waals surface area (Å²) in [7, 11) is 0. The minimum atomic E-state index is -0.660. The number of halogens is 2. The van der Waals surface area contributed by atoms with Crippen LogP contribution in [0.1, 0.15) is 33.1 Å². The fourth-order valence-corrected chi connectivity index (χ4v) is 6.49. The lowest BCUT2D eigenvalue weighted by Gasteiger charge is -2.38. The minimum Gasteiger partial charge on any atom is -0.508 e. The highest BCUT2D eigenvalue weighted by Gasteiger charge is 2.40. The lowest BCUT2D eigenvalue weighted by molar-refractivity contribution is 0.466. The number of thioether (sulfide) groups is 1. The van der Waals surface area contributed by atoms with Gasteiger partial charge in [0, 0.05) is 10.6 Å². The molecule has 0 aliphatic heterocycles. The second kappa shape index (κ2) is 10.6. The van der Waals surface area contributed by atoms with Gasteiger partial charge in [0.2, 0.25) is 0 Å². The molecule has 0 fully saturated rings. The van der Waals surface area contributed by atoms with Gasteiger partial charge in [-0.05, 0) is 52.6 Å². The van der Waals surface area contributed by atoms with E-state index in [9.17, 15) is 9.50 Å². The summed E-state index contributed by atoms with van der Waals surface area (Å²) in [5.41, 5.74) is 4.68.